The van der Waals surface area contributed by atoms with Crippen LogP contribution in [0, 0.1) is 0 Å². The molecule has 158 valence electrons. The van der Waals surface area contributed by atoms with Crippen LogP contribution < -0.4 is 10.1 Å². The second-order valence-electron chi connectivity index (χ2n) is 7.21. The molecular weight excluding hydrogens is 402 g/mol. The number of hydrogen-bond donors (Lipinski definition) is 1. The van der Waals surface area contributed by atoms with Crippen molar-refractivity contribution in [2.45, 2.75) is 23.8 Å². The van der Waals surface area contributed by atoms with Gasteiger partial charge in [-0.1, -0.05) is 18.2 Å². The number of nitrogens with zero attached hydrogens (tertiary/aromatic N) is 4. The zero-order valence-corrected chi connectivity index (χ0v) is 17.8. The summed E-state index contributed by atoms with van der Waals surface area (Å²) in [4.78, 5) is 9.08. The largest absolute Gasteiger partial charge is 0.496 e. The number of hydrogen-bond acceptors (Lipinski definition) is 6. The van der Waals surface area contributed by atoms with E-state index in [-0.39, 0.29) is 10.9 Å². The highest BCUT2D eigenvalue weighted by Crippen LogP contribution is 2.32. The van der Waals surface area contributed by atoms with Crippen LogP contribution in [0.2, 0.25) is 0 Å². The molecular formula is C21H25N5O3S. The van der Waals surface area contributed by atoms with Crippen molar-refractivity contribution in [1.29, 1.82) is 0 Å². The highest BCUT2D eigenvalue weighted by molar-refractivity contribution is 7.89. The number of aryl methyl sites for hydroxylation is 1. The molecule has 1 atom stereocenters. The van der Waals surface area contributed by atoms with Gasteiger partial charge in [0.2, 0.25) is 10.0 Å². The Labute approximate surface area is 176 Å². The molecule has 0 radical (unpaired) electrons. The maximum Gasteiger partial charge on any atom is 0.244 e. The lowest BCUT2D eigenvalue weighted by Crippen LogP contribution is -2.28. The summed E-state index contributed by atoms with van der Waals surface area (Å²) >= 11 is 0. The molecule has 0 aliphatic carbocycles. The number of imidazole rings is 1. The van der Waals surface area contributed by atoms with Gasteiger partial charge in [-0.2, -0.15) is 4.31 Å². The van der Waals surface area contributed by atoms with Gasteiger partial charge in [0.05, 0.1) is 7.11 Å². The normalized spacial score (nSPS) is 15.8. The van der Waals surface area contributed by atoms with E-state index in [1.165, 1.54) is 10.5 Å². The van der Waals surface area contributed by atoms with Crippen LogP contribution in [0.1, 0.15) is 30.3 Å². The minimum Gasteiger partial charge on any atom is -0.496 e. The summed E-state index contributed by atoms with van der Waals surface area (Å²) in [6.07, 6.45) is 6.82. The zero-order chi connectivity index (χ0) is 21.1. The van der Waals surface area contributed by atoms with Gasteiger partial charge in [0.1, 0.15) is 28.3 Å². The van der Waals surface area contributed by atoms with Gasteiger partial charge in [-0.25, -0.2) is 18.4 Å². The molecule has 2 aromatic heterocycles. The molecule has 1 aliphatic rings. The fourth-order valence-electron chi connectivity index (χ4n) is 3.69. The minimum atomic E-state index is -3.49. The minimum absolute atomic E-state index is 0.209. The molecule has 3 heterocycles. The van der Waals surface area contributed by atoms with Gasteiger partial charge < -0.3 is 14.6 Å². The van der Waals surface area contributed by atoms with Crippen LogP contribution in [-0.4, -0.2) is 47.5 Å². The van der Waals surface area contributed by atoms with Crippen LogP contribution in [0.15, 0.2) is 59.9 Å². The fraction of sp³-hybridized carbons (Fsp3) is 0.333. The Morgan fingerprint density at radius 3 is 2.50 bits per heavy atom. The molecule has 9 heteroatoms. The average molecular weight is 428 g/mol. The van der Waals surface area contributed by atoms with Crippen molar-refractivity contribution >= 4 is 15.8 Å². The van der Waals surface area contributed by atoms with E-state index >= 15 is 0 Å². The lowest BCUT2D eigenvalue weighted by molar-refractivity contribution is 0.408. The van der Waals surface area contributed by atoms with Gasteiger partial charge >= 0.3 is 0 Å². The second-order valence-corrected chi connectivity index (χ2v) is 9.14. The molecule has 0 amide bonds. The third kappa shape index (κ3) is 3.90. The second kappa shape index (κ2) is 8.45. The van der Waals surface area contributed by atoms with E-state index in [1.807, 2.05) is 42.1 Å². The highest BCUT2D eigenvalue weighted by Gasteiger charge is 2.28. The molecule has 1 unspecified atom stereocenters. The van der Waals surface area contributed by atoms with E-state index in [0.29, 0.717) is 18.9 Å². The number of anilines is 1. The standard InChI is InChI=1S/C21H25N5O3S/c1-25-14-11-22-21(25)20(17-7-3-4-8-18(17)29-2)24-19-10-9-16(15-23-19)30(27,28)26-12-5-6-13-26/h3-4,7-11,14-15,20H,5-6,12-13H2,1-2H3,(H,23,24). The topological polar surface area (TPSA) is 89.3 Å². The van der Waals surface area contributed by atoms with Gasteiger partial charge in [0.15, 0.2) is 0 Å². The monoisotopic (exact) mass is 427 g/mol. The van der Waals surface area contributed by atoms with Gasteiger partial charge in [-0.3, -0.25) is 0 Å². The van der Waals surface area contributed by atoms with Crippen LogP contribution in [0.5, 0.6) is 5.75 Å². The highest BCUT2D eigenvalue weighted by atomic mass is 32.2. The molecule has 1 fully saturated rings. The molecule has 0 spiro atoms. The van der Waals surface area contributed by atoms with Gasteiger partial charge in [-0.15, -0.1) is 0 Å². The number of sulfonamides is 1. The van der Waals surface area contributed by atoms with Crippen LogP contribution in [0.4, 0.5) is 5.82 Å². The summed E-state index contributed by atoms with van der Waals surface area (Å²) in [5.41, 5.74) is 0.907. The van der Waals surface area contributed by atoms with E-state index < -0.39 is 10.0 Å². The quantitative estimate of drug-likeness (QED) is 0.624. The third-order valence-electron chi connectivity index (χ3n) is 5.30. The lowest BCUT2D eigenvalue weighted by atomic mass is 10.0. The number of ether oxygens (including phenoxy) is 1. The Morgan fingerprint density at radius 1 is 1.10 bits per heavy atom. The lowest BCUT2D eigenvalue weighted by Gasteiger charge is -2.22. The predicted octanol–water partition coefficient (Wildman–Crippen LogP) is 2.81. The summed E-state index contributed by atoms with van der Waals surface area (Å²) in [7, 11) is 0.0616. The summed E-state index contributed by atoms with van der Waals surface area (Å²) in [5.74, 6) is 2.07. The number of pyridine rings is 1. The Balaban J connectivity index is 1.65. The molecule has 1 aromatic carbocycles. The van der Waals surface area contributed by atoms with E-state index in [0.717, 1.165) is 30.0 Å². The molecule has 30 heavy (non-hydrogen) atoms. The Morgan fingerprint density at radius 2 is 1.87 bits per heavy atom. The van der Waals surface area contributed by atoms with Crippen molar-refractivity contribution in [3.8, 4) is 5.75 Å². The van der Waals surface area contributed by atoms with E-state index in [9.17, 15) is 8.42 Å². The Kier molecular flexibility index (Phi) is 5.74. The summed E-state index contributed by atoms with van der Waals surface area (Å²) in [6.45, 7) is 1.13. The number of rotatable bonds is 7. The molecule has 3 aromatic rings. The predicted molar refractivity (Wildman–Crippen MR) is 114 cm³/mol. The number of aromatic nitrogens is 3. The van der Waals surface area contributed by atoms with Crippen LogP contribution in [-0.2, 0) is 17.1 Å². The molecule has 0 bridgehead atoms. The van der Waals surface area contributed by atoms with E-state index in [4.69, 9.17) is 4.74 Å². The fourth-order valence-corrected chi connectivity index (χ4v) is 5.15. The van der Waals surface area contributed by atoms with Crippen molar-refractivity contribution in [2.75, 3.05) is 25.5 Å². The van der Waals surface area contributed by atoms with Crippen molar-refractivity contribution in [3.05, 3.63) is 66.4 Å². The van der Waals surface area contributed by atoms with Crippen LogP contribution in [0.3, 0.4) is 0 Å². The molecule has 4 rings (SSSR count). The maximum atomic E-state index is 12.7. The first-order valence-electron chi connectivity index (χ1n) is 9.83. The Hall–Kier alpha value is -2.91. The van der Waals surface area contributed by atoms with Gasteiger partial charge in [0, 0.05) is 44.3 Å². The number of nitrogens with one attached hydrogen (secondary N) is 1. The summed E-state index contributed by atoms with van der Waals surface area (Å²) in [6, 6.07) is 10.7. The zero-order valence-electron chi connectivity index (χ0n) is 17.0. The molecule has 0 saturated carbocycles. The average Bonchev–Trinajstić information content (AvgIpc) is 3.45. The number of para-hydroxylation sites is 1. The maximum absolute atomic E-state index is 12.7. The summed E-state index contributed by atoms with van der Waals surface area (Å²) in [5, 5.41) is 3.38. The molecule has 1 aliphatic heterocycles. The van der Waals surface area contributed by atoms with E-state index in [2.05, 4.69) is 15.3 Å². The third-order valence-corrected chi connectivity index (χ3v) is 7.18. The van der Waals surface area contributed by atoms with Crippen molar-refractivity contribution in [1.82, 2.24) is 18.8 Å². The number of benzene rings is 1. The first kappa shape index (κ1) is 20.4. The first-order valence-corrected chi connectivity index (χ1v) is 11.3. The number of methoxy groups -OCH3 is 1. The van der Waals surface area contributed by atoms with Crippen LogP contribution >= 0.6 is 0 Å². The smallest absolute Gasteiger partial charge is 0.244 e. The van der Waals surface area contributed by atoms with Crippen molar-refractivity contribution < 1.29 is 13.2 Å². The van der Waals surface area contributed by atoms with Gasteiger partial charge in [-0.05, 0) is 31.0 Å². The Bertz CT molecular complexity index is 1110. The summed E-state index contributed by atoms with van der Waals surface area (Å²) < 4.78 is 34.5. The van der Waals surface area contributed by atoms with Gasteiger partial charge in [0.25, 0.3) is 0 Å². The van der Waals surface area contributed by atoms with Crippen molar-refractivity contribution in [2.24, 2.45) is 7.05 Å². The molecule has 1 saturated heterocycles. The van der Waals surface area contributed by atoms with Crippen molar-refractivity contribution in [3.63, 3.8) is 0 Å². The first-order chi connectivity index (χ1) is 14.5. The molecule has 8 nitrogen and oxygen atoms in total. The SMILES string of the molecule is COc1ccccc1C(Nc1ccc(S(=O)(=O)N2CCCC2)cn1)c1nccn1C. The van der Waals surface area contributed by atoms with Crippen LogP contribution in [0.25, 0.3) is 0 Å². The molecule has 1 N–H and O–H groups in total. The van der Waals surface area contributed by atoms with E-state index in [1.54, 1.807) is 25.4 Å².